The lowest BCUT2D eigenvalue weighted by Crippen LogP contribution is -2.56. The molecule has 0 spiro atoms. The Kier molecular flexibility index (Phi) is 6.45. The van der Waals surface area contributed by atoms with Gasteiger partial charge < -0.3 is 14.5 Å². The number of piperazine rings is 1. The molecule has 29 heavy (non-hydrogen) atoms. The van der Waals surface area contributed by atoms with Crippen LogP contribution in [0.2, 0.25) is 5.02 Å². The van der Waals surface area contributed by atoms with E-state index in [0.29, 0.717) is 69.6 Å². The molecule has 0 unspecified atom stereocenters. The van der Waals surface area contributed by atoms with Gasteiger partial charge in [0, 0.05) is 50.8 Å². The van der Waals surface area contributed by atoms with Crippen molar-refractivity contribution < 1.29 is 14.3 Å². The van der Waals surface area contributed by atoms with Gasteiger partial charge in [-0.15, -0.1) is 0 Å². The number of rotatable bonds is 4. The molecule has 0 aromatic heterocycles. The zero-order valence-corrected chi connectivity index (χ0v) is 17.8. The molecule has 2 heterocycles. The number of nitrogens with zero attached hydrogens (tertiary/aromatic N) is 2. The third-order valence-electron chi connectivity index (χ3n) is 6.99. The number of hydrogen-bond acceptors (Lipinski definition) is 3. The molecule has 2 aliphatic heterocycles. The standard InChI is InChI=1S/C23H31ClN2O3/c24-20-7-3-6-19(17-20)23(8-14-29-15-9-23)22(28)26-12-10-25(11-13-26)21(27)16-18-4-1-2-5-18/h3,6-7,17-18H,1-2,4-5,8-16H2. The Hall–Kier alpha value is -1.59. The molecule has 0 radical (unpaired) electrons. The minimum atomic E-state index is -0.570. The maximum Gasteiger partial charge on any atom is 0.233 e. The van der Waals surface area contributed by atoms with Gasteiger partial charge in [-0.1, -0.05) is 36.6 Å². The number of benzene rings is 1. The van der Waals surface area contributed by atoms with E-state index in [1.807, 2.05) is 34.1 Å². The Morgan fingerprint density at radius 1 is 1.03 bits per heavy atom. The Labute approximate surface area is 178 Å². The summed E-state index contributed by atoms with van der Waals surface area (Å²) in [5.74, 6) is 0.987. The van der Waals surface area contributed by atoms with Crippen molar-refractivity contribution in [3.05, 3.63) is 34.9 Å². The molecule has 1 aliphatic carbocycles. The number of carbonyl (C=O) groups excluding carboxylic acids is 2. The van der Waals surface area contributed by atoms with E-state index in [4.69, 9.17) is 16.3 Å². The Morgan fingerprint density at radius 2 is 1.69 bits per heavy atom. The van der Waals surface area contributed by atoms with Crippen molar-refractivity contribution in [3.8, 4) is 0 Å². The van der Waals surface area contributed by atoms with Gasteiger partial charge in [0.15, 0.2) is 0 Å². The van der Waals surface area contributed by atoms with Gasteiger partial charge in [0.05, 0.1) is 5.41 Å². The second-order valence-electron chi connectivity index (χ2n) is 8.73. The van der Waals surface area contributed by atoms with E-state index >= 15 is 0 Å². The number of carbonyl (C=O) groups is 2. The second kappa shape index (κ2) is 9.05. The maximum absolute atomic E-state index is 13.7. The van der Waals surface area contributed by atoms with Gasteiger partial charge in [-0.25, -0.2) is 0 Å². The lowest BCUT2D eigenvalue weighted by molar-refractivity contribution is -0.146. The van der Waals surface area contributed by atoms with E-state index in [1.165, 1.54) is 25.7 Å². The van der Waals surface area contributed by atoms with Crippen molar-refractivity contribution in [1.82, 2.24) is 9.80 Å². The molecular weight excluding hydrogens is 388 g/mol. The average Bonchev–Trinajstić information content (AvgIpc) is 3.27. The molecule has 158 valence electrons. The summed E-state index contributed by atoms with van der Waals surface area (Å²) in [7, 11) is 0. The molecule has 1 aromatic rings. The normalized spacial score (nSPS) is 22.7. The smallest absolute Gasteiger partial charge is 0.233 e. The van der Waals surface area contributed by atoms with Crippen LogP contribution in [-0.4, -0.2) is 61.0 Å². The van der Waals surface area contributed by atoms with Crippen molar-refractivity contribution in [1.29, 1.82) is 0 Å². The van der Waals surface area contributed by atoms with Crippen LogP contribution in [0.15, 0.2) is 24.3 Å². The van der Waals surface area contributed by atoms with Gasteiger partial charge in [-0.2, -0.15) is 0 Å². The summed E-state index contributed by atoms with van der Waals surface area (Å²) < 4.78 is 5.57. The van der Waals surface area contributed by atoms with Gasteiger partial charge >= 0.3 is 0 Å². The monoisotopic (exact) mass is 418 g/mol. The first-order chi connectivity index (χ1) is 14.1. The number of halogens is 1. The lowest BCUT2D eigenvalue weighted by Gasteiger charge is -2.43. The number of amides is 2. The van der Waals surface area contributed by atoms with Crippen LogP contribution in [0.25, 0.3) is 0 Å². The molecule has 5 nitrogen and oxygen atoms in total. The molecule has 2 saturated heterocycles. The van der Waals surface area contributed by atoms with Crippen LogP contribution >= 0.6 is 11.6 Å². The zero-order valence-electron chi connectivity index (χ0n) is 17.1. The third kappa shape index (κ3) is 4.46. The summed E-state index contributed by atoms with van der Waals surface area (Å²) in [6.45, 7) is 3.66. The minimum Gasteiger partial charge on any atom is -0.381 e. The van der Waals surface area contributed by atoms with Crippen molar-refractivity contribution in [2.24, 2.45) is 5.92 Å². The van der Waals surface area contributed by atoms with Crippen LogP contribution in [0.3, 0.4) is 0 Å². The molecule has 6 heteroatoms. The molecule has 0 bridgehead atoms. The molecular formula is C23H31ClN2O3. The van der Waals surface area contributed by atoms with Crippen LogP contribution in [-0.2, 0) is 19.7 Å². The topological polar surface area (TPSA) is 49.9 Å². The van der Waals surface area contributed by atoms with Gasteiger partial charge in [0.2, 0.25) is 11.8 Å². The van der Waals surface area contributed by atoms with E-state index in [2.05, 4.69) is 0 Å². The Balaban J connectivity index is 1.42. The van der Waals surface area contributed by atoms with Crippen molar-refractivity contribution in [2.45, 2.75) is 50.4 Å². The minimum absolute atomic E-state index is 0.158. The van der Waals surface area contributed by atoms with Gasteiger partial charge in [-0.3, -0.25) is 9.59 Å². The lowest BCUT2D eigenvalue weighted by atomic mass is 9.73. The molecule has 2 amide bonds. The molecule has 4 rings (SSSR count). The first-order valence-electron chi connectivity index (χ1n) is 11.0. The fourth-order valence-corrected chi connectivity index (χ4v) is 5.37. The van der Waals surface area contributed by atoms with E-state index in [9.17, 15) is 9.59 Å². The number of ether oxygens (including phenoxy) is 1. The summed E-state index contributed by atoms with van der Waals surface area (Å²) in [5.41, 5.74) is 0.414. The van der Waals surface area contributed by atoms with E-state index in [0.717, 1.165) is 5.56 Å². The summed E-state index contributed by atoms with van der Waals surface area (Å²) in [6.07, 6.45) is 6.92. The van der Waals surface area contributed by atoms with Crippen LogP contribution in [0, 0.1) is 5.92 Å². The van der Waals surface area contributed by atoms with Crippen LogP contribution in [0.1, 0.15) is 50.5 Å². The molecule has 3 fully saturated rings. The van der Waals surface area contributed by atoms with Crippen LogP contribution < -0.4 is 0 Å². The highest BCUT2D eigenvalue weighted by Crippen LogP contribution is 2.38. The SMILES string of the molecule is O=C(CC1CCCC1)N1CCN(C(=O)C2(c3cccc(Cl)c3)CCOCC2)CC1. The third-order valence-corrected chi connectivity index (χ3v) is 7.23. The summed E-state index contributed by atoms with van der Waals surface area (Å²) >= 11 is 6.24. The first kappa shape index (κ1) is 20.7. The quantitative estimate of drug-likeness (QED) is 0.750. The van der Waals surface area contributed by atoms with Crippen molar-refractivity contribution in [3.63, 3.8) is 0 Å². The van der Waals surface area contributed by atoms with Crippen LogP contribution in [0.4, 0.5) is 0 Å². The van der Waals surface area contributed by atoms with E-state index in [1.54, 1.807) is 0 Å². The summed E-state index contributed by atoms with van der Waals surface area (Å²) in [5, 5.41) is 0.656. The highest BCUT2D eigenvalue weighted by atomic mass is 35.5. The molecule has 0 atom stereocenters. The predicted octanol–water partition coefficient (Wildman–Crippen LogP) is 3.64. The van der Waals surface area contributed by atoms with Gasteiger partial charge in [0.1, 0.15) is 0 Å². The molecule has 0 N–H and O–H groups in total. The van der Waals surface area contributed by atoms with Crippen molar-refractivity contribution >= 4 is 23.4 Å². The van der Waals surface area contributed by atoms with Gasteiger partial charge in [-0.05, 0) is 49.3 Å². The Morgan fingerprint density at radius 3 is 2.34 bits per heavy atom. The highest BCUT2D eigenvalue weighted by molar-refractivity contribution is 6.30. The van der Waals surface area contributed by atoms with Crippen molar-refractivity contribution in [2.75, 3.05) is 39.4 Å². The van der Waals surface area contributed by atoms with Crippen LogP contribution in [0.5, 0.6) is 0 Å². The zero-order chi connectivity index (χ0) is 20.3. The molecule has 3 aliphatic rings. The molecule has 1 aromatic carbocycles. The predicted molar refractivity (Wildman–Crippen MR) is 113 cm³/mol. The molecule has 1 saturated carbocycles. The fraction of sp³-hybridized carbons (Fsp3) is 0.652. The average molecular weight is 419 g/mol. The largest absolute Gasteiger partial charge is 0.381 e. The maximum atomic E-state index is 13.7. The number of hydrogen-bond donors (Lipinski definition) is 0. The summed E-state index contributed by atoms with van der Waals surface area (Å²) in [4.78, 5) is 30.2. The fourth-order valence-electron chi connectivity index (χ4n) is 5.18. The van der Waals surface area contributed by atoms with E-state index < -0.39 is 5.41 Å². The summed E-state index contributed by atoms with van der Waals surface area (Å²) in [6, 6.07) is 7.70. The van der Waals surface area contributed by atoms with Gasteiger partial charge in [0.25, 0.3) is 0 Å². The second-order valence-corrected chi connectivity index (χ2v) is 9.17. The first-order valence-corrected chi connectivity index (χ1v) is 11.4. The highest BCUT2D eigenvalue weighted by Gasteiger charge is 2.44. The van der Waals surface area contributed by atoms with E-state index in [-0.39, 0.29) is 11.8 Å². The Bertz CT molecular complexity index is 733.